The summed E-state index contributed by atoms with van der Waals surface area (Å²) in [7, 11) is 0. The van der Waals surface area contributed by atoms with Gasteiger partial charge < -0.3 is 15.0 Å². The molecule has 1 aliphatic heterocycles. The van der Waals surface area contributed by atoms with Crippen molar-refractivity contribution in [2.24, 2.45) is 11.7 Å². The van der Waals surface area contributed by atoms with Crippen LogP contribution in [-0.2, 0) is 6.42 Å². The highest BCUT2D eigenvalue weighted by molar-refractivity contribution is 5.57. The van der Waals surface area contributed by atoms with Crippen molar-refractivity contribution in [2.45, 2.75) is 44.6 Å². The summed E-state index contributed by atoms with van der Waals surface area (Å²) in [4.78, 5) is 7.52. The monoisotopic (exact) mass is 284 g/mol. The summed E-state index contributed by atoms with van der Waals surface area (Å²) in [6.07, 6.45) is 9.87. The average Bonchev–Trinajstić information content (AvgIpc) is 3.09. The summed E-state index contributed by atoms with van der Waals surface area (Å²) in [6, 6.07) is 6.94. The minimum atomic E-state index is 0.678. The molecule has 2 atom stereocenters. The maximum Gasteiger partial charge on any atom is 0.151 e. The second-order valence-electron chi connectivity index (χ2n) is 6.44. The van der Waals surface area contributed by atoms with Crippen molar-refractivity contribution in [3.05, 3.63) is 30.1 Å². The van der Waals surface area contributed by atoms with Crippen molar-refractivity contribution in [2.75, 3.05) is 18.0 Å². The first-order valence-corrected chi connectivity index (χ1v) is 8.31. The molecule has 0 spiro atoms. The molecule has 4 nitrogen and oxygen atoms in total. The van der Waals surface area contributed by atoms with Gasteiger partial charge in [-0.1, -0.05) is 18.9 Å². The Morgan fingerprint density at radius 1 is 1.19 bits per heavy atom. The third-order valence-electron chi connectivity index (χ3n) is 5.27. The van der Waals surface area contributed by atoms with Crippen LogP contribution < -0.4 is 10.6 Å². The minimum Gasteiger partial charge on any atom is -0.352 e. The Kier molecular flexibility index (Phi) is 3.34. The van der Waals surface area contributed by atoms with Crippen LogP contribution in [0.25, 0.3) is 5.65 Å². The number of rotatable bonds is 3. The van der Waals surface area contributed by atoms with Crippen LogP contribution in [0.4, 0.5) is 5.82 Å². The SMILES string of the molecule is NCCc1c(N2CCC3CCCCC32)nc2ccccn12. The molecule has 2 unspecified atom stereocenters. The van der Waals surface area contributed by atoms with E-state index in [2.05, 4.69) is 33.7 Å². The van der Waals surface area contributed by atoms with Crippen LogP contribution in [-0.4, -0.2) is 28.5 Å². The van der Waals surface area contributed by atoms with Gasteiger partial charge in [0.05, 0.1) is 5.69 Å². The molecule has 1 saturated carbocycles. The van der Waals surface area contributed by atoms with Gasteiger partial charge in [0.2, 0.25) is 0 Å². The Labute approximate surface area is 126 Å². The standard InChI is InChI=1S/C17H24N4/c18-10-8-15-17(19-16-7-3-4-11-20(15)16)21-12-9-13-5-1-2-6-14(13)21/h3-4,7,11,13-14H,1-2,5-6,8-10,12,18H2. The summed E-state index contributed by atoms with van der Waals surface area (Å²) in [5, 5.41) is 0. The molecule has 1 saturated heterocycles. The lowest BCUT2D eigenvalue weighted by Gasteiger charge is -2.32. The molecule has 2 N–H and O–H groups in total. The highest BCUT2D eigenvalue weighted by Crippen LogP contribution is 2.39. The normalized spacial score (nSPS) is 25.5. The first-order valence-electron chi connectivity index (χ1n) is 8.31. The van der Waals surface area contributed by atoms with Gasteiger partial charge in [0, 0.05) is 25.2 Å². The molecular weight excluding hydrogens is 260 g/mol. The van der Waals surface area contributed by atoms with Gasteiger partial charge >= 0.3 is 0 Å². The molecule has 0 aromatic carbocycles. The zero-order chi connectivity index (χ0) is 14.2. The predicted molar refractivity (Wildman–Crippen MR) is 85.7 cm³/mol. The van der Waals surface area contributed by atoms with Crippen molar-refractivity contribution >= 4 is 11.5 Å². The molecule has 0 bridgehead atoms. The van der Waals surface area contributed by atoms with Gasteiger partial charge in [-0.2, -0.15) is 0 Å². The van der Waals surface area contributed by atoms with Gasteiger partial charge in [0.25, 0.3) is 0 Å². The largest absolute Gasteiger partial charge is 0.352 e. The third kappa shape index (κ3) is 2.13. The molecule has 2 fully saturated rings. The molecule has 2 aliphatic rings. The average molecular weight is 284 g/mol. The van der Waals surface area contributed by atoms with E-state index >= 15 is 0 Å². The number of anilines is 1. The number of nitrogens with two attached hydrogens (primary N) is 1. The number of fused-ring (bicyclic) bond motifs is 2. The molecule has 2 aromatic rings. The van der Waals surface area contributed by atoms with Crippen molar-refractivity contribution < 1.29 is 0 Å². The highest BCUT2D eigenvalue weighted by atomic mass is 15.3. The lowest BCUT2D eigenvalue weighted by molar-refractivity contribution is 0.341. The van der Waals surface area contributed by atoms with E-state index in [1.807, 2.05) is 0 Å². The number of hydrogen-bond acceptors (Lipinski definition) is 3. The van der Waals surface area contributed by atoms with Crippen LogP contribution in [0.2, 0.25) is 0 Å². The lowest BCUT2D eigenvalue weighted by Crippen LogP contribution is -2.35. The molecule has 2 aromatic heterocycles. The molecule has 4 rings (SSSR count). The van der Waals surface area contributed by atoms with Crippen LogP contribution in [0.3, 0.4) is 0 Å². The fourth-order valence-electron chi connectivity index (χ4n) is 4.30. The zero-order valence-electron chi connectivity index (χ0n) is 12.5. The van der Waals surface area contributed by atoms with Gasteiger partial charge in [-0.05, 0) is 43.9 Å². The summed E-state index contributed by atoms with van der Waals surface area (Å²) < 4.78 is 2.22. The Morgan fingerprint density at radius 2 is 2.10 bits per heavy atom. The summed E-state index contributed by atoms with van der Waals surface area (Å²) >= 11 is 0. The molecule has 0 radical (unpaired) electrons. The van der Waals surface area contributed by atoms with Gasteiger partial charge in [-0.3, -0.25) is 0 Å². The van der Waals surface area contributed by atoms with Gasteiger partial charge in [-0.25, -0.2) is 4.98 Å². The molecule has 0 amide bonds. The van der Waals surface area contributed by atoms with E-state index in [0.717, 1.165) is 24.5 Å². The second-order valence-corrected chi connectivity index (χ2v) is 6.44. The maximum absolute atomic E-state index is 5.85. The Bertz CT molecular complexity index is 633. The van der Waals surface area contributed by atoms with E-state index in [0.29, 0.717) is 12.6 Å². The van der Waals surface area contributed by atoms with E-state index < -0.39 is 0 Å². The van der Waals surface area contributed by atoms with Gasteiger partial charge in [0.1, 0.15) is 5.65 Å². The van der Waals surface area contributed by atoms with E-state index in [9.17, 15) is 0 Å². The van der Waals surface area contributed by atoms with E-state index in [1.165, 1.54) is 43.6 Å². The van der Waals surface area contributed by atoms with Crippen LogP contribution in [0.1, 0.15) is 37.8 Å². The third-order valence-corrected chi connectivity index (χ3v) is 5.27. The molecule has 112 valence electrons. The van der Waals surface area contributed by atoms with Gasteiger partial charge in [-0.15, -0.1) is 0 Å². The summed E-state index contributed by atoms with van der Waals surface area (Å²) in [6.45, 7) is 1.84. The summed E-state index contributed by atoms with van der Waals surface area (Å²) in [5.41, 5.74) is 8.19. The highest BCUT2D eigenvalue weighted by Gasteiger charge is 2.37. The second kappa shape index (κ2) is 5.34. The molecule has 4 heteroatoms. The van der Waals surface area contributed by atoms with Crippen LogP contribution in [0.15, 0.2) is 24.4 Å². The first kappa shape index (κ1) is 13.1. The number of pyridine rings is 1. The fourth-order valence-corrected chi connectivity index (χ4v) is 4.30. The Hall–Kier alpha value is -1.55. The Balaban J connectivity index is 1.77. The number of hydrogen-bond donors (Lipinski definition) is 1. The maximum atomic E-state index is 5.85. The lowest BCUT2D eigenvalue weighted by atomic mass is 9.85. The molecular formula is C17H24N4. The van der Waals surface area contributed by atoms with E-state index in [-0.39, 0.29) is 0 Å². The molecule has 1 aliphatic carbocycles. The van der Waals surface area contributed by atoms with E-state index in [1.54, 1.807) is 0 Å². The number of aromatic nitrogens is 2. The quantitative estimate of drug-likeness (QED) is 0.942. The Morgan fingerprint density at radius 3 is 3.00 bits per heavy atom. The van der Waals surface area contributed by atoms with Crippen LogP contribution >= 0.6 is 0 Å². The van der Waals surface area contributed by atoms with Crippen molar-refractivity contribution in [1.29, 1.82) is 0 Å². The predicted octanol–water partition coefficient (Wildman–Crippen LogP) is 2.60. The summed E-state index contributed by atoms with van der Waals surface area (Å²) in [5.74, 6) is 2.08. The zero-order valence-corrected chi connectivity index (χ0v) is 12.5. The number of nitrogens with zero attached hydrogens (tertiary/aromatic N) is 3. The molecule has 3 heterocycles. The van der Waals surface area contributed by atoms with Crippen molar-refractivity contribution in [3.8, 4) is 0 Å². The fraction of sp³-hybridized carbons (Fsp3) is 0.588. The van der Waals surface area contributed by atoms with E-state index in [4.69, 9.17) is 10.7 Å². The van der Waals surface area contributed by atoms with Gasteiger partial charge in [0.15, 0.2) is 5.82 Å². The van der Waals surface area contributed by atoms with Crippen LogP contribution in [0, 0.1) is 5.92 Å². The number of imidazole rings is 1. The minimum absolute atomic E-state index is 0.678. The first-order chi connectivity index (χ1) is 10.4. The van der Waals surface area contributed by atoms with Crippen LogP contribution in [0.5, 0.6) is 0 Å². The van der Waals surface area contributed by atoms with Crippen molar-refractivity contribution in [1.82, 2.24) is 9.38 Å². The topological polar surface area (TPSA) is 46.6 Å². The molecule has 21 heavy (non-hydrogen) atoms. The van der Waals surface area contributed by atoms with Crippen molar-refractivity contribution in [3.63, 3.8) is 0 Å². The smallest absolute Gasteiger partial charge is 0.151 e.